The zero-order valence-electron chi connectivity index (χ0n) is 12.3. The van der Waals surface area contributed by atoms with Crippen LogP contribution < -0.4 is 5.46 Å². The number of halogens is 1. The fraction of sp³-hybridized carbons (Fsp3) is 0.615. The number of pyridine rings is 1. The lowest BCUT2D eigenvalue weighted by Crippen LogP contribution is -2.41. The van der Waals surface area contributed by atoms with E-state index in [4.69, 9.17) is 9.31 Å². The number of rotatable bonds is 3. The highest BCUT2D eigenvalue weighted by Gasteiger charge is 2.52. The quantitative estimate of drug-likeness (QED) is 0.666. The first-order valence-corrected chi connectivity index (χ1v) is 6.40. The maximum atomic E-state index is 13.9. The maximum Gasteiger partial charge on any atom is 0.496 e. The van der Waals surface area contributed by atoms with Gasteiger partial charge in [-0.05, 0) is 33.8 Å². The van der Waals surface area contributed by atoms with Crippen molar-refractivity contribution in [2.45, 2.75) is 45.2 Å². The van der Waals surface area contributed by atoms with Crippen molar-refractivity contribution in [3.8, 4) is 0 Å². The largest absolute Gasteiger partial charge is 0.496 e. The van der Waals surface area contributed by atoms with E-state index in [1.54, 1.807) is 0 Å². The molecule has 0 radical (unpaired) electrons. The molecule has 0 amide bonds. The molecule has 1 saturated heterocycles. The predicted molar refractivity (Wildman–Crippen MR) is 71.9 cm³/mol. The number of methoxy groups -OCH3 is 1. The first-order valence-electron chi connectivity index (χ1n) is 6.40. The van der Waals surface area contributed by atoms with Gasteiger partial charge in [-0.25, -0.2) is 4.39 Å². The number of aromatic nitrogens is 1. The second-order valence-electron chi connectivity index (χ2n) is 5.81. The van der Waals surface area contributed by atoms with E-state index >= 15 is 0 Å². The van der Waals surface area contributed by atoms with Gasteiger partial charge in [-0.15, -0.1) is 0 Å². The van der Waals surface area contributed by atoms with E-state index in [2.05, 4.69) is 9.72 Å². The third kappa shape index (κ3) is 2.58. The minimum atomic E-state index is -1.39. The summed E-state index contributed by atoms with van der Waals surface area (Å²) in [4.78, 5) is 3.88. The number of hydrogen-bond donors (Lipinski definition) is 1. The lowest BCUT2D eigenvalue weighted by atomic mass is 9.80. The van der Waals surface area contributed by atoms with Crippen LogP contribution in [0.5, 0.6) is 0 Å². The second kappa shape index (κ2) is 5.07. The van der Waals surface area contributed by atoms with Crippen molar-refractivity contribution in [2.24, 2.45) is 0 Å². The van der Waals surface area contributed by atoms with Gasteiger partial charge >= 0.3 is 7.12 Å². The fourth-order valence-corrected chi connectivity index (χ4v) is 1.86. The molecule has 0 aliphatic carbocycles. The zero-order chi connectivity index (χ0) is 15.1. The van der Waals surface area contributed by atoms with Gasteiger partial charge in [0.2, 0.25) is 6.29 Å². The fourth-order valence-electron chi connectivity index (χ4n) is 1.86. The summed E-state index contributed by atoms with van der Waals surface area (Å²) in [5.41, 5.74) is -0.696. The Morgan fingerprint density at radius 1 is 1.30 bits per heavy atom. The third-order valence-corrected chi connectivity index (χ3v) is 3.87. The highest BCUT2D eigenvalue weighted by molar-refractivity contribution is 6.62. The smallest absolute Gasteiger partial charge is 0.399 e. The van der Waals surface area contributed by atoms with Crippen LogP contribution in [-0.2, 0) is 14.0 Å². The Morgan fingerprint density at radius 2 is 1.85 bits per heavy atom. The Bertz CT molecular complexity index is 493. The summed E-state index contributed by atoms with van der Waals surface area (Å²) in [6, 6.07) is 1.24. The van der Waals surface area contributed by atoms with Gasteiger partial charge in [0, 0.05) is 18.8 Å². The average Bonchev–Trinajstić information content (AvgIpc) is 2.57. The summed E-state index contributed by atoms with van der Waals surface area (Å²) in [6.07, 6.45) is 0.0327. The van der Waals surface area contributed by atoms with Gasteiger partial charge in [-0.3, -0.25) is 4.98 Å². The minimum Gasteiger partial charge on any atom is -0.399 e. The molecule has 1 aliphatic rings. The predicted octanol–water partition coefficient (Wildman–Crippen LogP) is 1.16. The minimum absolute atomic E-state index is 0.159. The molecular formula is C13H19BFNO4. The van der Waals surface area contributed by atoms with Crippen LogP contribution >= 0.6 is 0 Å². The van der Waals surface area contributed by atoms with Crippen LogP contribution in [0.3, 0.4) is 0 Å². The van der Waals surface area contributed by atoms with Crippen LogP contribution in [0.1, 0.15) is 39.7 Å². The van der Waals surface area contributed by atoms with Crippen molar-refractivity contribution in [1.29, 1.82) is 0 Å². The molecule has 0 spiro atoms. The van der Waals surface area contributed by atoms with E-state index in [1.807, 2.05) is 27.7 Å². The topological polar surface area (TPSA) is 60.8 Å². The van der Waals surface area contributed by atoms with E-state index in [0.29, 0.717) is 5.46 Å². The van der Waals surface area contributed by atoms with Crippen LogP contribution in [-0.4, -0.2) is 35.5 Å². The SMILES string of the molecule is COC(O)c1ncc(B2OC(C)(C)C(C)(C)O2)cc1F. The molecule has 1 aromatic heterocycles. The van der Waals surface area contributed by atoms with Crippen LogP contribution in [0.2, 0.25) is 0 Å². The van der Waals surface area contributed by atoms with E-state index in [9.17, 15) is 9.50 Å². The molecule has 1 aromatic rings. The van der Waals surface area contributed by atoms with E-state index < -0.39 is 30.4 Å². The highest BCUT2D eigenvalue weighted by Crippen LogP contribution is 2.36. The average molecular weight is 283 g/mol. The van der Waals surface area contributed by atoms with Gasteiger partial charge in [0.05, 0.1) is 11.2 Å². The summed E-state index contributed by atoms with van der Waals surface area (Å²) in [7, 11) is 0.587. The molecule has 1 atom stereocenters. The zero-order valence-corrected chi connectivity index (χ0v) is 12.3. The molecular weight excluding hydrogens is 264 g/mol. The van der Waals surface area contributed by atoms with Crippen molar-refractivity contribution in [3.63, 3.8) is 0 Å². The molecule has 0 saturated carbocycles. The molecule has 1 aliphatic heterocycles. The standard InChI is InChI=1S/C13H19BFNO4/c1-12(2)13(3,4)20-14(19-12)8-6-9(15)10(16-7-8)11(17)18-5/h6-7,11,17H,1-5H3. The van der Waals surface area contributed by atoms with Gasteiger partial charge < -0.3 is 19.2 Å². The van der Waals surface area contributed by atoms with Crippen LogP contribution in [0, 0.1) is 5.82 Å². The van der Waals surface area contributed by atoms with Crippen molar-refractivity contribution in [3.05, 3.63) is 23.8 Å². The molecule has 5 nitrogen and oxygen atoms in total. The molecule has 1 N–H and O–H groups in total. The summed E-state index contributed by atoms with van der Waals surface area (Å²) in [5, 5.41) is 9.45. The molecule has 0 aromatic carbocycles. The van der Waals surface area contributed by atoms with E-state index in [0.717, 1.165) is 0 Å². The van der Waals surface area contributed by atoms with Crippen LogP contribution in [0.4, 0.5) is 4.39 Å². The van der Waals surface area contributed by atoms with Crippen LogP contribution in [0.25, 0.3) is 0 Å². The molecule has 2 heterocycles. The Morgan fingerprint density at radius 3 is 2.30 bits per heavy atom. The molecule has 1 unspecified atom stereocenters. The summed E-state index contributed by atoms with van der Waals surface area (Å²) in [6.45, 7) is 7.67. The van der Waals surface area contributed by atoms with E-state index in [-0.39, 0.29) is 5.69 Å². The number of ether oxygens (including phenoxy) is 1. The Labute approximate surface area is 118 Å². The molecule has 2 rings (SSSR count). The van der Waals surface area contributed by atoms with E-state index in [1.165, 1.54) is 19.4 Å². The van der Waals surface area contributed by atoms with Crippen molar-refractivity contribution >= 4 is 12.6 Å². The third-order valence-electron chi connectivity index (χ3n) is 3.87. The lowest BCUT2D eigenvalue weighted by molar-refractivity contribution is -0.0821. The van der Waals surface area contributed by atoms with Gasteiger partial charge in [0.1, 0.15) is 11.5 Å². The van der Waals surface area contributed by atoms with Gasteiger partial charge in [0.25, 0.3) is 0 Å². The Kier molecular flexibility index (Phi) is 3.90. The normalized spacial score (nSPS) is 22.1. The Hall–Kier alpha value is -1.02. The van der Waals surface area contributed by atoms with Gasteiger partial charge in [0.15, 0.2) is 0 Å². The number of aliphatic hydroxyl groups excluding tert-OH is 1. The molecule has 1 fully saturated rings. The number of nitrogens with zero attached hydrogens (tertiary/aromatic N) is 1. The number of hydrogen-bond acceptors (Lipinski definition) is 5. The Balaban J connectivity index is 2.26. The number of aliphatic hydroxyl groups is 1. The molecule has 7 heteroatoms. The van der Waals surface area contributed by atoms with Crippen molar-refractivity contribution in [1.82, 2.24) is 4.98 Å². The van der Waals surface area contributed by atoms with Crippen LogP contribution in [0.15, 0.2) is 12.3 Å². The summed E-state index contributed by atoms with van der Waals surface area (Å²) < 4.78 is 30.2. The molecule has 20 heavy (non-hydrogen) atoms. The highest BCUT2D eigenvalue weighted by atomic mass is 19.1. The summed E-state index contributed by atoms with van der Waals surface area (Å²) >= 11 is 0. The van der Waals surface area contributed by atoms with Crippen molar-refractivity contribution in [2.75, 3.05) is 7.11 Å². The van der Waals surface area contributed by atoms with Crippen molar-refractivity contribution < 1.29 is 23.5 Å². The second-order valence-corrected chi connectivity index (χ2v) is 5.81. The monoisotopic (exact) mass is 283 g/mol. The molecule has 110 valence electrons. The first kappa shape index (κ1) is 15.4. The molecule has 0 bridgehead atoms. The summed E-state index contributed by atoms with van der Waals surface area (Å²) in [5.74, 6) is -0.661. The van der Waals surface area contributed by atoms with Gasteiger partial charge in [-0.2, -0.15) is 0 Å². The lowest BCUT2D eigenvalue weighted by Gasteiger charge is -2.32. The maximum absolute atomic E-state index is 13.9. The first-order chi connectivity index (χ1) is 9.18. The van der Waals surface area contributed by atoms with Gasteiger partial charge in [-0.1, -0.05) is 0 Å².